The van der Waals surface area contributed by atoms with Crippen LogP contribution >= 0.6 is 27.3 Å². The second kappa shape index (κ2) is 4.80. The van der Waals surface area contributed by atoms with Gasteiger partial charge in [-0.25, -0.2) is 15.4 Å². The number of hydrazine groups is 1. The van der Waals surface area contributed by atoms with Gasteiger partial charge in [0.2, 0.25) is 0 Å². The molecule has 0 aliphatic heterocycles. The third kappa shape index (κ3) is 2.40. The molecular weight excluding hydrogens is 276 g/mol. The number of hydrogen-bond donors (Lipinski definition) is 2. The molecule has 1 atom stereocenters. The van der Waals surface area contributed by atoms with Crippen LogP contribution in [0.4, 0.5) is 0 Å². The molecule has 2 aromatic heterocycles. The molecule has 4 nitrogen and oxygen atoms in total. The van der Waals surface area contributed by atoms with Gasteiger partial charge in [0.25, 0.3) is 0 Å². The van der Waals surface area contributed by atoms with Crippen molar-refractivity contribution in [3.05, 3.63) is 45.1 Å². The van der Waals surface area contributed by atoms with Crippen LogP contribution in [0.2, 0.25) is 0 Å². The smallest absolute Gasteiger partial charge is 0.115 e. The van der Waals surface area contributed by atoms with E-state index in [2.05, 4.69) is 31.3 Å². The van der Waals surface area contributed by atoms with Crippen molar-refractivity contribution in [3.63, 3.8) is 0 Å². The third-order valence-corrected chi connectivity index (χ3v) is 3.65. The lowest BCUT2D eigenvalue weighted by Crippen LogP contribution is -2.28. The molecule has 0 aliphatic rings. The number of nitrogens with zero attached hydrogens (tertiary/aromatic N) is 2. The first-order chi connectivity index (χ1) is 7.31. The van der Waals surface area contributed by atoms with E-state index in [-0.39, 0.29) is 6.04 Å². The van der Waals surface area contributed by atoms with E-state index >= 15 is 0 Å². The summed E-state index contributed by atoms with van der Waals surface area (Å²) in [5.74, 6) is 5.53. The summed E-state index contributed by atoms with van der Waals surface area (Å²) in [6, 6.07) is 3.96. The summed E-state index contributed by atoms with van der Waals surface area (Å²) in [5.41, 5.74) is 3.71. The Morgan fingerprint density at radius 3 is 2.60 bits per heavy atom. The SMILES string of the molecule is NNC(c1cncnc1)c1ccc(Br)s1. The van der Waals surface area contributed by atoms with Crippen LogP contribution in [0.3, 0.4) is 0 Å². The van der Waals surface area contributed by atoms with Gasteiger partial charge in [-0.3, -0.25) is 5.84 Å². The molecule has 78 valence electrons. The molecule has 0 radical (unpaired) electrons. The molecule has 0 amide bonds. The zero-order valence-corrected chi connectivity index (χ0v) is 10.1. The molecule has 0 aliphatic carbocycles. The Morgan fingerprint density at radius 1 is 1.33 bits per heavy atom. The molecule has 0 fully saturated rings. The molecule has 2 heterocycles. The van der Waals surface area contributed by atoms with Crippen molar-refractivity contribution in [2.24, 2.45) is 5.84 Å². The highest BCUT2D eigenvalue weighted by molar-refractivity contribution is 9.11. The average Bonchev–Trinajstić information content (AvgIpc) is 2.68. The third-order valence-electron chi connectivity index (χ3n) is 1.96. The van der Waals surface area contributed by atoms with Gasteiger partial charge in [0.05, 0.1) is 9.83 Å². The highest BCUT2D eigenvalue weighted by Crippen LogP contribution is 2.30. The van der Waals surface area contributed by atoms with Crippen molar-refractivity contribution in [2.45, 2.75) is 6.04 Å². The summed E-state index contributed by atoms with van der Waals surface area (Å²) in [7, 11) is 0. The maximum atomic E-state index is 5.53. The first kappa shape index (κ1) is 10.7. The Hall–Kier alpha value is -0.820. The summed E-state index contributed by atoms with van der Waals surface area (Å²) in [4.78, 5) is 9.07. The van der Waals surface area contributed by atoms with Crippen LogP contribution < -0.4 is 11.3 Å². The Kier molecular flexibility index (Phi) is 3.42. The summed E-state index contributed by atoms with van der Waals surface area (Å²) in [6.45, 7) is 0. The first-order valence-corrected chi connectivity index (χ1v) is 5.88. The fraction of sp³-hybridized carbons (Fsp3) is 0.111. The van der Waals surface area contributed by atoms with Crippen LogP contribution in [0.15, 0.2) is 34.6 Å². The van der Waals surface area contributed by atoms with Crippen LogP contribution in [0, 0.1) is 0 Å². The van der Waals surface area contributed by atoms with Crippen molar-refractivity contribution in [1.29, 1.82) is 0 Å². The molecule has 2 aromatic rings. The fourth-order valence-electron chi connectivity index (χ4n) is 1.29. The predicted molar refractivity (Wildman–Crippen MR) is 63.2 cm³/mol. The second-order valence-electron chi connectivity index (χ2n) is 2.91. The largest absolute Gasteiger partial charge is 0.271 e. The van der Waals surface area contributed by atoms with E-state index in [9.17, 15) is 0 Å². The van der Waals surface area contributed by atoms with Crippen molar-refractivity contribution in [3.8, 4) is 0 Å². The first-order valence-electron chi connectivity index (χ1n) is 4.27. The second-order valence-corrected chi connectivity index (χ2v) is 5.41. The van der Waals surface area contributed by atoms with Gasteiger partial charge < -0.3 is 0 Å². The topological polar surface area (TPSA) is 63.8 Å². The van der Waals surface area contributed by atoms with E-state index in [1.807, 2.05) is 12.1 Å². The van der Waals surface area contributed by atoms with Gasteiger partial charge in [0, 0.05) is 22.8 Å². The van der Waals surface area contributed by atoms with Crippen LogP contribution in [0.1, 0.15) is 16.5 Å². The van der Waals surface area contributed by atoms with Crippen molar-refractivity contribution in [1.82, 2.24) is 15.4 Å². The van der Waals surface area contributed by atoms with E-state index in [0.717, 1.165) is 14.2 Å². The standard InChI is InChI=1S/C9H9BrN4S/c10-8-2-1-7(15-8)9(14-11)6-3-12-5-13-4-6/h1-5,9,14H,11H2. The molecule has 0 aromatic carbocycles. The van der Waals surface area contributed by atoms with Gasteiger partial charge in [-0.05, 0) is 28.1 Å². The molecule has 0 bridgehead atoms. The highest BCUT2D eigenvalue weighted by atomic mass is 79.9. The quantitative estimate of drug-likeness (QED) is 0.667. The lowest BCUT2D eigenvalue weighted by molar-refractivity contribution is 0.641. The number of nitrogens with two attached hydrogens (primary N) is 1. The van der Waals surface area contributed by atoms with Gasteiger partial charge in [0.1, 0.15) is 6.33 Å². The fourth-order valence-corrected chi connectivity index (χ4v) is 2.80. The summed E-state index contributed by atoms with van der Waals surface area (Å²) >= 11 is 5.05. The Balaban J connectivity index is 2.33. The van der Waals surface area contributed by atoms with Crippen LogP contribution in [0.5, 0.6) is 0 Å². The Bertz CT molecular complexity index is 431. The normalized spacial score (nSPS) is 12.7. The number of nitrogens with one attached hydrogen (secondary N) is 1. The summed E-state index contributed by atoms with van der Waals surface area (Å²) in [6.07, 6.45) is 5.01. The van der Waals surface area contributed by atoms with E-state index in [4.69, 9.17) is 5.84 Å². The van der Waals surface area contributed by atoms with Gasteiger partial charge in [0.15, 0.2) is 0 Å². The Morgan fingerprint density at radius 2 is 2.07 bits per heavy atom. The Labute approximate surface area is 99.7 Å². The lowest BCUT2D eigenvalue weighted by atomic mass is 10.1. The number of hydrogen-bond acceptors (Lipinski definition) is 5. The van der Waals surface area contributed by atoms with Crippen molar-refractivity contribution >= 4 is 27.3 Å². The molecule has 15 heavy (non-hydrogen) atoms. The maximum Gasteiger partial charge on any atom is 0.115 e. The van der Waals surface area contributed by atoms with Crippen molar-refractivity contribution < 1.29 is 0 Å². The van der Waals surface area contributed by atoms with E-state index < -0.39 is 0 Å². The molecular formula is C9H9BrN4S. The number of aromatic nitrogens is 2. The zero-order chi connectivity index (χ0) is 10.7. The van der Waals surface area contributed by atoms with Crippen LogP contribution in [0.25, 0.3) is 0 Å². The summed E-state index contributed by atoms with van der Waals surface area (Å²) in [5, 5.41) is 0. The van der Waals surface area contributed by atoms with Gasteiger partial charge in [-0.1, -0.05) is 0 Å². The average molecular weight is 285 g/mol. The maximum absolute atomic E-state index is 5.53. The number of thiophene rings is 1. The lowest BCUT2D eigenvalue weighted by Gasteiger charge is -2.13. The van der Waals surface area contributed by atoms with Gasteiger partial charge in [-0.15, -0.1) is 11.3 Å². The number of rotatable bonds is 3. The van der Waals surface area contributed by atoms with E-state index in [1.165, 1.54) is 6.33 Å². The van der Waals surface area contributed by atoms with E-state index in [0.29, 0.717) is 0 Å². The van der Waals surface area contributed by atoms with E-state index in [1.54, 1.807) is 23.7 Å². The molecule has 0 spiro atoms. The molecule has 3 N–H and O–H groups in total. The summed E-state index contributed by atoms with van der Waals surface area (Å²) < 4.78 is 1.08. The van der Waals surface area contributed by atoms with Gasteiger partial charge >= 0.3 is 0 Å². The van der Waals surface area contributed by atoms with Crippen LogP contribution in [-0.4, -0.2) is 9.97 Å². The monoisotopic (exact) mass is 284 g/mol. The van der Waals surface area contributed by atoms with Crippen molar-refractivity contribution in [2.75, 3.05) is 0 Å². The minimum Gasteiger partial charge on any atom is -0.271 e. The zero-order valence-electron chi connectivity index (χ0n) is 7.72. The highest BCUT2D eigenvalue weighted by Gasteiger charge is 2.14. The molecule has 2 rings (SSSR count). The minimum absolute atomic E-state index is 0.0532. The molecule has 0 saturated carbocycles. The van der Waals surface area contributed by atoms with Gasteiger partial charge in [-0.2, -0.15) is 0 Å². The minimum atomic E-state index is -0.0532. The molecule has 6 heteroatoms. The predicted octanol–water partition coefficient (Wildman–Crippen LogP) is 1.85. The number of halogens is 1. The molecule has 1 unspecified atom stereocenters. The molecule has 0 saturated heterocycles. The van der Waals surface area contributed by atoms with Crippen LogP contribution in [-0.2, 0) is 0 Å².